The molecule has 3 rings (SSSR count). The first-order valence-electron chi connectivity index (χ1n) is 8.61. The van der Waals surface area contributed by atoms with Crippen molar-refractivity contribution in [2.45, 2.75) is 57.3 Å². The summed E-state index contributed by atoms with van der Waals surface area (Å²) in [6.45, 7) is 11.3. The van der Waals surface area contributed by atoms with Gasteiger partial charge in [0, 0.05) is 51.5 Å². The largest absolute Gasteiger partial charge is 0.444 e. The summed E-state index contributed by atoms with van der Waals surface area (Å²) in [7, 11) is 0. The van der Waals surface area contributed by atoms with Crippen LogP contribution in [0.15, 0.2) is 0 Å². The van der Waals surface area contributed by atoms with Gasteiger partial charge in [-0.15, -0.1) is 0 Å². The second-order valence-corrected chi connectivity index (χ2v) is 7.56. The van der Waals surface area contributed by atoms with E-state index >= 15 is 0 Å². The van der Waals surface area contributed by atoms with Gasteiger partial charge >= 0.3 is 6.09 Å². The minimum Gasteiger partial charge on any atom is -0.444 e. The molecule has 0 bridgehead atoms. The first-order chi connectivity index (χ1) is 10.8. The first-order valence-corrected chi connectivity index (χ1v) is 8.61. The maximum absolute atomic E-state index is 11.1. The number of nitrogens with zero attached hydrogens (tertiary/aromatic N) is 1. The minimum absolute atomic E-state index is 0.250. The van der Waals surface area contributed by atoms with Crippen LogP contribution in [0.5, 0.6) is 0 Å². The van der Waals surface area contributed by atoms with E-state index in [0.29, 0.717) is 6.04 Å². The Morgan fingerprint density at radius 1 is 1.26 bits per heavy atom. The normalized spacial score (nSPS) is 24.0. The van der Waals surface area contributed by atoms with Crippen LogP contribution in [-0.4, -0.2) is 74.1 Å². The lowest BCUT2D eigenvalue weighted by Crippen LogP contribution is -2.60. The van der Waals surface area contributed by atoms with Crippen LogP contribution in [0.25, 0.3) is 0 Å². The van der Waals surface area contributed by atoms with Gasteiger partial charge in [-0.1, -0.05) is 0 Å². The number of hydrogen-bond acceptors (Lipinski definition) is 6. The van der Waals surface area contributed by atoms with Crippen molar-refractivity contribution < 1.29 is 14.3 Å². The molecule has 0 aromatic rings. The van der Waals surface area contributed by atoms with Gasteiger partial charge in [0.25, 0.3) is 0 Å². The molecular weight excluding hydrogens is 296 g/mol. The number of hydrogen-bond donors (Lipinski definition) is 3. The van der Waals surface area contributed by atoms with Crippen LogP contribution in [0.4, 0.5) is 4.79 Å². The van der Waals surface area contributed by atoms with Crippen molar-refractivity contribution in [1.82, 2.24) is 15.5 Å². The van der Waals surface area contributed by atoms with Crippen LogP contribution in [0.3, 0.4) is 0 Å². The Kier molecular flexibility index (Phi) is 6.64. The number of ether oxygens (including phenoxy) is 2. The lowest BCUT2D eigenvalue weighted by molar-refractivity contribution is 0.00298. The number of carbonyl (C=O) groups is 1. The summed E-state index contributed by atoms with van der Waals surface area (Å²) in [4.78, 5) is 13.6. The molecule has 0 aliphatic carbocycles. The molecule has 4 N–H and O–H groups in total. The number of alkyl carbamates (subject to hydrolysis) is 1. The Balaban J connectivity index is 0.000000167. The van der Waals surface area contributed by atoms with Crippen molar-refractivity contribution in [2.75, 3.05) is 39.4 Å². The van der Waals surface area contributed by atoms with Gasteiger partial charge in [-0.2, -0.15) is 0 Å². The molecule has 3 aliphatic rings. The predicted molar refractivity (Wildman–Crippen MR) is 89.4 cm³/mol. The molecule has 0 atom stereocenters. The maximum atomic E-state index is 11.1. The molecule has 0 saturated carbocycles. The third kappa shape index (κ3) is 6.63. The zero-order valence-electron chi connectivity index (χ0n) is 14.6. The molecule has 0 spiro atoms. The molecule has 0 aromatic carbocycles. The lowest BCUT2D eigenvalue weighted by Gasteiger charge is -2.44. The summed E-state index contributed by atoms with van der Waals surface area (Å²) in [6, 6.07) is 1.46. The number of amides is 1. The molecule has 7 nitrogen and oxygen atoms in total. The Bertz CT molecular complexity index is 370. The second kappa shape index (κ2) is 8.28. The van der Waals surface area contributed by atoms with E-state index in [2.05, 4.69) is 15.5 Å². The number of carbonyl (C=O) groups excluding carboxylic acids is 1. The fraction of sp³-hybridized carbons (Fsp3) is 0.938. The quantitative estimate of drug-likeness (QED) is 0.675. The molecule has 3 fully saturated rings. The van der Waals surface area contributed by atoms with E-state index in [1.54, 1.807) is 0 Å². The molecule has 1 amide bonds. The smallest absolute Gasteiger partial charge is 0.407 e. The predicted octanol–water partition coefficient (Wildman–Crippen LogP) is 0.291. The van der Waals surface area contributed by atoms with Crippen LogP contribution < -0.4 is 16.4 Å². The minimum atomic E-state index is -0.402. The Hall–Kier alpha value is -0.890. The summed E-state index contributed by atoms with van der Waals surface area (Å²) >= 11 is 0. The fourth-order valence-corrected chi connectivity index (χ4v) is 2.76. The SMILES string of the molecule is CC(C)(C)OC(=O)NC1CNC1.NC1CN(C2CCOCC2)C1. The van der Waals surface area contributed by atoms with Crippen LogP contribution in [0, 0.1) is 0 Å². The van der Waals surface area contributed by atoms with Crippen molar-refractivity contribution >= 4 is 6.09 Å². The maximum Gasteiger partial charge on any atom is 0.407 e. The standard InChI is InChI=1S/C8H16N2O2.C8H16N2O/c1-8(2,3)12-7(11)10-6-4-9-5-6;9-7-5-10(6-7)8-1-3-11-4-2-8/h6,9H,4-5H2,1-3H3,(H,10,11);7-8H,1-6,9H2. The monoisotopic (exact) mass is 328 g/mol. The third-order valence-corrected chi connectivity index (χ3v) is 4.15. The highest BCUT2D eigenvalue weighted by Crippen LogP contribution is 2.19. The molecule has 0 aromatic heterocycles. The summed E-state index contributed by atoms with van der Waals surface area (Å²) in [5.74, 6) is 0. The molecule has 7 heteroatoms. The molecule has 3 saturated heterocycles. The van der Waals surface area contributed by atoms with Crippen molar-refractivity contribution in [3.63, 3.8) is 0 Å². The van der Waals surface area contributed by atoms with Gasteiger partial charge in [0.15, 0.2) is 0 Å². The zero-order valence-corrected chi connectivity index (χ0v) is 14.6. The van der Waals surface area contributed by atoms with E-state index in [9.17, 15) is 4.79 Å². The zero-order chi connectivity index (χ0) is 16.9. The fourth-order valence-electron chi connectivity index (χ4n) is 2.76. The molecule has 0 radical (unpaired) electrons. The summed E-state index contributed by atoms with van der Waals surface area (Å²) in [5.41, 5.74) is 5.30. The summed E-state index contributed by atoms with van der Waals surface area (Å²) < 4.78 is 10.4. The number of nitrogens with one attached hydrogen (secondary N) is 2. The highest BCUT2D eigenvalue weighted by molar-refractivity contribution is 5.68. The topological polar surface area (TPSA) is 88.8 Å². The van der Waals surface area contributed by atoms with Crippen LogP contribution in [-0.2, 0) is 9.47 Å². The van der Waals surface area contributed by atoms with Crippen LogP contribution >= 0.6 is 0 Å². The molecular formula is C16H32N4O3. The third-order valence-electron chi connectivity index (χ3n) is 4.15. The van der Waals surface area contributed by atoms with E-state index in [1.807, 2.05) is 20.8 Å². The van der Waals surface area contributed by atoms with Crippen molar-refractivity contribution in [3.05, 3.63) is 0 Å². The highest BCUT2D eigenvalue weighted by atomic mass is 16.6. The molecule has 23 heavy (non-hydrogen) atoms. The van der Waals surface area contributed by atoms with Crippen LogP contribution in [0.2, 0.25) is 0 Å². The molecule has 3 aliphatic heterocycles. The van der Waals surface area contributed by atoms with E-state index < -0.39 is 5.60 Å². The Labute approximate surface area is 139 Å². The second-order valence-electron chi connectivity index (χ2n) is 7.56. The van der Waals surface area contributed by atoms with Crippen molar-refractivity contribution in [2.24, 2.45) is 5.73 Å². The van der Waals surface area contributed by atoms with Crippen molar-refractivity contribution in [3.8, 4) is 0 Å². The van der Waals surface area contributed by atoms with Gasteiger partial charge in [0.2, 0.25) is 0 Å². The van der Waals surface area contributed by atoms with Gasteiger partial charge < -0.3 is 25.8 Å². The number of rotatable bonds is 2. The van der Waals surface area contributed by atoms with E-state index in [4.69, 9.17) is 15.2 Å². The first kappa shape index (κ1) is 18.4. The van der Waals surface area contributed by atoms with Gasteiger partial charge in [0.05, 0.1) is 6.04 Å². The van der Waals surface area contributed by atoms with E-state index in [1.165, 1.54) is 12.8 Å². The average Bonchev–Trinajstić information content (AvgIpc) is 2.39. The van der Waals surface area contributed by atoms with E-state index in [-0.39, 0.29) is 12.1 Å². The average molecular weight is 328 g/mol. The Morgan fingerprint density at radius 3 is 2.30 bits per heavy atom. The molecule has 0 unspecified atom stereocenters. The van der Waals surface area contributed by atoms with Gasteiger partial charge in [-0.25, -0.2) is 4.79 Å². The van der Waals surface area contributed by atoms with Gasteiger partial charge in [0.1, 0.15) is 5.60 Å². The number of nitrogens with two attached hydrogens (primary N) is 1. The van der Waals surface area contributed by atoms with Crippen LogP contribution in [0.1, 0.15) is 33.6 Å². The van der Waals surface area contributed by atoms with Crippen molar-refractivity contribution in [1.29, 1.82) is 0 Å². The van der Waals surface area contributed by atoms with Gasteiger partial charge in [-0.3, -0.25) is 4.90 Å². The summed E-state index contributed by atoms with van der Waals surface area (Å²) in [5, 5.41) is 5.81. The molecule has 134 valence electrons. The number of likely N-dealkylation sites (tertiary alicyclic amines) is 1. The molecule has 3 heterocycles. The summed E-state index contributed by atoms with van der Waals surface area (Å²) in [6.07, 6.45) is 2.08. The highest BCUT2D eigenvalue weighted by Gasteiger charge is 2.30. The Morgan fingerprint density at radius 2 is 1.87 bits per heavy atom. The van der Waals surface area contributed by atoms with E-state index in [0.717, 1.165) is 45.4 Å². The van der Waals surface area contributed by atoms with Gasteiger partial charge in [-0.05, 0) is 33.6 Å². The lowest BCUT2D eigenvalue weighted by atomic mass is 10.0.